The molecule has 0 aromatic heterocycles. The molecule has 1 fully saturated rings. The Morgan fingerprint density at radius 3 is 2.10 bits per heavy atom. The van der Waals surface area contributed by atoms with Gasteiger partial charge in [-0.05, 0) is 6.07 Å². The van der Waals surface area contributed by atoms with E-state index in [2.05, 4.69) is 6.92 Å². The van der Waals surface area contributed by atoms with E-state index in [1.54, 1.807) is 20.3 Å². The monoisotopic (exact) mass is 316 g/mol. The lowest BCUT2D eigenvalue weighted by atomic mass is 9.98. The maximum absolute atomic E-state index is 6.31. The van der Waals surface area contributed by atoms with Gasteiger partial charge in [-0.15, -0.1) is 0 Å². The summed E-state index contributed by atoms with van der Waals surface area (Å²) in [5.41, 5.74) is 0.729. The minimum absolute atomic E-state index is 0.430. The minimum atomic E-state index is -0.844. The van der Waals surface area contributed by atoms with Crippen LogP contribution in [0, 0.1) is 0 Å². The van der Waals surface area contributed by atoms with E-state index >= 15 is 0 Å². The van der Waals surface area contributed by atoms with Crippen LogP contribution in [0.3, 0.4) is 0 Å². The summed E-state index contributed by atoms with van der Waals surface area (Å²) in [6, 6.07) is 1.77. The van der Waals surface area contributed by atoms with Gasteiger partial charge in [0.25, 0.3) is 0 Å². The number of benzene rings is 1. The van der Waals surface area contributed by atoms with Crippen molar-refractivity contribution in [2.24, 2.45) is 0 Å². The Labute approximate surface area is 130 Å². The van der Waals surface area contributed by atoms with Crippen LogP contribution in [-0.4, -0.2) is 34.5 Å². The van der Waals surface area contributed by atoms with Crippen LogP contribution in [0.15, 0.2) is 6.07 Å². The lowest BCUT2D eigenvalue weighted by molar-refractivity contribution is -0.171. The summed E-state index contributed by atoms with van der Waals surface area (Å²) < 4.78 is 28.0. The highest BCUT2D eigenvalue weighted by molar-refractivity contribution is 6.32. The Balaban J connectivity index is 2.64. The molecule has 1 aliphatic heterocycles. The Morgan fingerprint density at radius 2 is 1.62 bits per heavy atom. The highest BCUT2D eigenvalue weighted by Crippen LogP contribution is 2.51. The van der Waals surface area contributed by atoms with Crippen LogP contribution in [0.5, 0.6) is 17.2 Å². The summed E-state index contributed by atoms with van der Waals surface area (Å²) in [5.74, 6) is 0.555. The largest absolute Gasteiger partial charge is 0.492 e. The van der Waals surface area contributed by atoms with Gasteiger partial charge in [-0.2, -0.15) is 0 Å². The van der Waals surface area contributed by atoms with Crippen LogP contribution in [0.4, 0.5) is 0 Å². The first-order valence-electron chi connectivity index (χ1n) is 6.90. The van der Waals surface area contributed by atoms with Crippen molar-refractivity contribution in [3.8, 4) is 17.2 Å². The molecule has 1 saturated heterocycles. The van der Waals surface area contributed by atoms with E-state index < -0.39 is 5.79 Å². The van der Waals surface area contributed by atoms with Gasteiger partial charge >= 0.3 is 0 Å². The summed E-state index contributed by atoms with van der Waals surface area (Å²) in [7, 11) is 4.65. The number of hydrogen-bond acceptors (Lipinski definition) is 5. The van der Waals surface area contributed by atoms with Crippen LogP contribution in [0.2, 0.25) is 5.02 Å². The zero-order chi connectivity index (χ0) is 15.5. The first kappa shape index (κ1) is 16.2. The number of hydrogen-bond donors (Lipinski definition) is 0. The van der Waals surface area contributed by atoms with E-state index in [0.29, 0.717) is 41.9 Å². The van der Waals surface area contributed by atoms with Crippen LogP contribution in [0.1, 0.15) is 25.3 Å². The maximum atomic E-state index is 6.31. The summed E-state index contributed by atoms with van der Waals surface area (Å²) >= 11 is 6.31. The number of rotatable bonds is 6. The Morgan fingerprint density at radius 1 is 1.05 bits per heavy atom. The summed E-state index contributed by atoms with van der Waals surface area (Å²) in [5, 5.41) is 0.430. The van der Waals surface area contributed by atoms with Crippen LogP contribution < -0.4 is 14.2 Å². The Kier molecular flexibility index (Phi) is 5.19. The van der Waals surface area contributed by atoms with E-state index in [9.17, 15) is 0 Å². The van der Waals surface area contributed by atoms with Gasteiger partial charge in [0.1, 0.15) is 0 Å². The van der Waals surface area contributed by atoms with Crippen molar-refractivity contribution < 1.29 is 23.7 Å². The lowest BCUT2D eigenvalue weighted by Crippen LogP contribution is -2.28. The minimum Gasteiger partial charge on any atom is -0.492 e. The first-order chi connectivity index (χ1) is 10.1. The van der Waals surface area contributed by atoms with Crippen molar-refractivity contribution >= 4 is 11.6 Å². The van der Waals surface area contributed by atoms with E-state index in [0.717, 1.165) is 12.0 Å². The second kappa shape index (κ2) is 6.73. The van der Waals surface area contributed by atoms with Crippen molar-refractivity contribution in [3.63, 3.8) is 0 Å². The summed E-state index contributed by atoms with van der Waals surface area (Å²) in [6.07, 6.45) is 1.60. The molecule has 1 heterocycles. The van der Waals surface area contributed by atoms with Crippen molar-refractivity contribution in [1.29, 1.82) is 0 Å². The quantitative estimate of drug-likeness (QED) is 0.805. The number of halogens is 1. The van der Waals surface area contributed by atoms with Gasteiger partial charge in [-0.25, -0.2) is 0 Å². The predicted octanol–water partition coefficient (Wildman–Crippen LogP) is 3.37. The third kappa shape index (κ3) is 2.78. The van der Waals surface area contributed by atoms with Crippen LogP contribution >= 0.6 is 11.6 Å². The Hall–Kier alpha value is -1.17. The van der Waals surface area contributed by atoms with Crippen molar-refractivity contribution in [2.45, 2.75) is 25.6 Å². The zero-order valence-corrected chi connectivity index (χ0v) is 13.6. The van der Waals surface area contributed by atoms with E-state index in [1.807, 2.05) is 0 Å². The van der Waals surface area contributed by atoms with E-state index in [-0.39, 0.29) is 0 Å². The molecule has 6 heteroatoms. The van der Waals surface area contributed by atoms with Gasteiger partial charge in [0.05, 0.1) is 45.1 Å². The zero-order valence-electron chi connectivity index (χ0n) is 12.8. The Bertz CT molecular complexity index is 497. The summed E-state index contributed by atoms with van der Waals surface area (Å²) in [6.45, 7) is 3.14. The molecule has 0 bridgehead atoms. The van der Waals surface area contributed by atoms with Crippen molar-refractivity contribution in [2.75, 3.05) is 34.5 Å². The van der Waals surface area contributed by atoms with Gasteiger partial charge in [0.15, 0.2) is 17.3 Å². The van der Waals surface area contributed by atoms with Crippen molar-refractivity contribution in [3.05, 3.63) is 16.7 Å². The van der Waals surface area contributed by atoms with Crippen molar-refractivity contribution in [1.82, 2.24) is 0 Å². The number of ether oxygens (including phenoxy) is 5. The molecule has 0 N–H and O–H groups in total. The van der Waals surface area contributed by atoms with Gasteiger partial charge in [-0.1, -0.05) is 24.9 Å². The molecule has 0 saturated carbocycles. The van der Waals surface area contributed by atoms with Gasteiger partial charge < -0.3 is 23.7 Å². The third-order valence-electron chi connectivity index (χ3n) is 3.50. The van der Waals surface area contributed by atoms with Gasteiger partial charge in [0, 0.05) is 6.42 Å². The molecule has 1 aliphatic rings. The third-order valence-corrected chi connectivity index (χ3v) is 3.78. The first-order valence-corrected chi connectivity index (χ1v) is 7.28. The highest BCUT2D eigenvalue weighted by atomic mass is 35.5. The topological polar surface area (TPSA) is 46.2 Å². The molecule has 0 amide bonds. The smallest absolute Gasteiger partial charge is 0.205 e. The second-order valence-corrected chi connectivity index (χ2v) is 5.11. The van der Waals surface area contributed by atoms with Crippen LogP contribution in [-0.2, 0) is 15.3 Å². The molecule has 21 heavy (non-hydrogen) atoms. The fourth-order valence-electron chi connectivity index (χ4n) is 2.67. The molecule has 0 aliphatic carbocycles. The molecular formula is C15H21ClO5. The molecule has 118 valence electrons. The lowest BCUT2D eigenvalue weighted by Gasteiger charge is -2.30. The fourth-order valence-corrected chi connectivity index (χ4v) is 2.94. The summed E-state index contributed by atoms with van der Waals surface area (Å²) in [4.78, 5) is 0. The van der Waals surface area contributed by atoms with Crippen LogP contribution in [0.25, 0.3) is 0 Å². The molecule has 5 nitrogen and oxygen atoms in total. The average Bonchev–Trinajstić information content (AvgIpc) is 2.96. The molecule has 0 spiro atoms. The normalized spacial score (nSPS) is 16.8. The molecular weight excluding hydrogens is 296 g/mol. The SMILES string of the molecule is CCCC1(c2cc(Cl)c(OC)c(OC)c2OC)OCCO1. The molecule has 1 aromatic carbocycles. The van der Waals surface area contributed by atoms with E-state index in [1.165, 1.54) is 7.11 Å². The second-order valence-electron chi connectivity index (χ2n) is 4.71. The highest BCUT2D eigenvalue weighted by Gasteiger charge is 2.42. The fraction of sp³-hybridized carbons (Fsp3) is 0.600. The van der Waals surface area contributed by atoms with E-state index in [4.69, 9.17) is 35.3 Å². The maximum Gasteiger partial charge on any atom is 0.205 e. The molecule has 0 radical (unpaired) electrons. The average molecular weight is 317 g/mol. The van der Waals surface area contributed by atoms with Gasteiger partial charge in [0.2, 0.25) is 5.75 Å². The van der Waals surface area contributed by atoms with Gasteiger partial charge in [-0.3, -0.25) is 0 Å². The molecule has 2 rings (SSSR count). The molecule has 1 aromatic rings. The molecule has 0 atom stereocenters. The molecule has 0 unspecified atom stereocenters. The standard InChI is InChI=1S/C15H21ClO5/c1-5-6-15(20-7-8-21-15)10-9-11(16)13(18-3)14(19-4)12(10)17-2/h9H,5-8H2,1-4H3. The predicted molar refractivity (Wildman–Crippen MR) is 79.6 cm³/mol. The number of methoxy groups -OCH3 is 3.